The molecule has 0 fully saturated rings. The van der Waals surface area contributed by atoms with E-state index < -0.39 is 17.9 Å². The average molecular weight is 389 g/mol. The summed E-state index contributed by atoms with van der Waals surface area (Å²) in [5, 5.41) is 15.1. The van der Waals surface area contributed by atoms with Gasteiger partial charge in [0.05, 0.1) is 12.5 Å². The molecule has 27 heavy (non-hydrogen) atoms. The molecule has 7 heteroatoms. The van der Waals surface area contributed by atoms with Crippen molar-refractivity contribution in [2.45, 2.75) is 32.4 Å². The van der Waals surface area contributed by atoms with Crippen molar-refractivity contribution in [1.82, 2.24) is 10.6 Å². The lowest BCUT2D eigenvalue weighted by atomic mass is 10.0. The topological polar surface area (TPSA) is 95.5 Å². The van der Waals surface area contributed by atoms with E-state index in [1.54, 1.807) is 36.4 Å². The number of carbonyl (C=O) groups is 3. The Morgan fingerprint density at radius 1 is 0.889 bits per heavy atom. The lowest BCUT2D eigenvalue weighted by Gasteiger charge is -2.18. The zero-order valence-corrected chi connectivity index (χ0v) is 15.8. The summed E-state index contributed by atoms with van der Waals surface area (Å²) in [4.78, 5) is 35.6. The minimum absolute atomic E-state index is 0.0108. The van der Waals surface area contributed by atoms with Gasteiger partial charge in [-0.25, -0.2) is 0 Å². The Hall–Kier alpha value is -2.86. The summed E-state index contributed by atoms with van der Waals surface area (Å²) in [7, 11) is 0. The molecule has 0 bridgehead atoms. The number of halogens is 1. The molecular weight excluding hydrogens is 368 g/mol. The van der Waals surface area contributed by atoms with Crippen molar-refractivity contribution in [3.8, 4) is 0 Å². The van der Waals surface area contributed by atoms with Gasteiger partial charge in [0.1, 0.15) is 0 Å². The summed E-state index contributed by atoms with van der Waals surface area (Å²) in [6.07, 6.45) is -0.262. The quantitative estimate of drug-likeness (QED) is 0.677. The fourth-order valence-corrected chi connectivity index (χ4v) is 2.61. The van der Waals surface area contributed by atoms with Crippen LogP contribution in [-0.2, 0) is 4.79 Å². The van der Waals surface area contributed by atoms with E-state index in [4.69, 9.17) is 16.7 Å². The summed E-state index contributed by atoms with van der Waals surface area (Å²) in [5.41, 5.74) is 1.42. The third kappa shape index (κ3) is 6.11. The van der Waals surface area contributed by atoms with Gasteiger partial charge in [0, 0.05) is 22.2 Å². The molecule has 3 N–H and O–H groups in total. The van der Waals surface area contributed by atoms with Crippen molar-refractivity contribution >= 4 is 29.4 Å². The van der Waals surface area contributed by atoms with Crippen LogP contribution in [0.2, 0.25) is 5.02 Å². The highest BCUT2D eigenvalue weighted by molar-refractivity contribution is 6.30. The average Bonchev–Trinajstić information content (AvgIpc) is 2.61. The lowest BCUT2D eigenvalue weighted by molar-refractivity contribution is -0.137. The van der Waals surface area contributed by atoms with Crippen LogP contribution in [0.25, 0.3) is 0 Å². The lowest BCUT2D eigenvalue weighted by Crippen LogP contribution is -2.31. The van der Waals surface area contributed by atoms with E-state index in [1.165, 1.54) is 12.1 Å². The van der Waals surface area contributed by atoms with Gasteiger partial charge in [-0.3, -0.25) is 14.4 Å². The van der Waals surface area contributed by atoms with E-state index in [0.717, 1.165) is 0 Å². The highest BCUT2D eigenvalue weighted by atomic mass is 35.5. The van der Waals surface area contributed by atoms with Gasteiger partial charge in [-0.2, -0.15) is 0 Å². The number of hydrogen-bond donors (Lipinski definition) is 3. The molecule has 6 nitrogen and oxygen atoms in total. The van der Waals surface area contributed by atoms with Gasteiger partial charge in [0.15, 0.2) is 0 Å². The van der Waals surface area contributed by atoms with E-state index in [0.29, 0.717) is 21.7 Å². The first-order valence-electron chi connectivity index (χ1n) is 8.45. The molecule has 0 aliphatic rings. The summed E-state index contributed by atoms with van der Waals surface area (Å²) in [6.45, 7) is 3.72. The van der Waals surface area contributed by atoms with Crippen LogP contribution in [-0.4, -0.2) is 28.9 Å². The number of rotatable bonds is 7. The van der Waals surface area contributed by atoms with Crippen molar-refractivity contribution in [2.24, 2.45) is 0 Å². The van der Waals surface area contributed by atoms with E-state index in [1.807, 2.05) is 13.8 Å². The maximum Gasteiger partial charge on any atom is 0.305 e. The van der Waals surface area contributed by atoms with Crippen molar-refractivity contribution in [1.29, 1.82) is 0 Å². The van der Waals surface area contributed by atoms with Gasteiger partial charge in [0.2, 0.25) is 0 Å². The van der Waals surface area contributed by atoms with Crippen LogP contribution in [0.4, 0.5) is 0 Å². The molecule has 0 saturated heterocycles. The summed E-state index contributed by atoms with van der Waals surface area (Å²) in [5.74, 6) is -1.68. The van der Waals surface area contributed by atoms with E-state index in [2.05, 4.69) is 10.6 Å². The van der Waals surface area contributed by atoms with Gasteiger partial charge in [0.25, 0.3) is 11.8 Å². The minimum Gasteiger partial charge on any atom is -0.481 e. The SMILES string of the molecule is CC(C)NC(=O)c1ccc(C(=O)N[C@@H](CC(=O)O)c2ccc(Cl)cc2)cc1. The first kappa shape index (κ1) is 20.5. The molecule has 0 radical (unpaired) electrons. The molecule has 142 valence electrons. The molecule has 2 aromatic rings. The van der Waals surface area contributed by atoms with E-state index >= 15 is 0 Å². The molecule has 0 aliphatic carbocycles. The third-order valence-electron chi connectivity index (χ3n) is 3.79. The van der Waals surface area contributed by atoms with Gasteiger partial charge in [-0.05, 0) is 55.8 Å². The Morgan fingerprint density at radius 3 is 1.81 bits per heavy atom. The molecule has 2 amide bonds. The number of nitrogens with one attached hydrogen (secondary N) is 2. The van der Waals surface area contributed by atoms with Crippen LogP contribution in [0.15, 0.2) is 48.5 Å². The van der Waals surface area contributed by atoms with Crippen molar-refractivity contribution in [3.63, 3.8) is 0 Å². The van der Waals surface area contributed by atoms with Crippen LogP contribution in [0, 0.1) is 0 Å². The Kier molecular flexibility index (Phi) is 6.96. The van der Waals surface area contributed by atoms with E-state index in [-0.39, 0.29) is 18.4 Å². The monoisotopic (exact) mass is 388 g/mol. The summed E-state index contributed by atoms with van der Waals surface area (Å²) >= 11 is 5.86. The Bertz CT molecular complexity index is 817. The molecule has 0 saturated carbocycles. The van der Waals surface area contributed by atoms with Crippen LogP contribution >= 0.6 is 11.6 Å². The standard InChI is InChI=1S/C20H21ClN2O4/c1-12(2)22-19(26)14-3-5-15(6-4-14)20(27)23-17(11-18(24)25)13-7-9-16(21)10-8-13/h3-10,12,17H,11H2,1-2H3,(H,22,26)(H,23,27)(H,24,25)/t17-/m0/s1. The molecule has 0 unspecified atom stereocenters. The number of carbonyl (C=O) groups excluding carboxylic acids is 2. The van der Waals surface area contributed by atoms with Crippen LogP contribution in [0.3, 0.4) is 0 Å². The van der Waals surface area contributed by atoms with Gasteiger partial charge >= 0.3 is 5.97 Å². The number of benzene rings is 2. The number of carboxylic acids is 1. The Labute approximate surface area is 162 Å². The van der Waals surface area contributed by atoms with Crippen LogP contribution in [0.5, 0.6) is 0 Å². The maximum atomic E-state index is 12.5. The van der Waals surface area contributed by atoms with Crippen molar-refractivity contribution in [3.05, 3.63) is 70.2 Å². The highest BCUT2D eigenvalue weighted by Crippen LogP contribution is 2.20. The largest absolute Gasteiger partial charge is 0.481 e. The van der Waals surface area contributed by atoms with Crippen LogP contribution < -0.4 is 10.6 Å². The Balaban J connectivity index is 2.13. The molecule has 0 aromatic heterocycles. The first-order chi connectivity index (χ1) is 12.8. The Morgan fingerprint density at radius 2 is 1.37 bits per heavy atom. The molecule has 0 heterocycles. The van der Waals surface area contributed by atoms with Gasteiger partial charge in [-0.15, -0.1) is 0 Å². The second-order valence-electron chi connectivity index (χ2n) is 6.38. The molecule has 1 atom stereocenters. The predicted molar refractivity (Wildman–Crippen MR) is 103 cm³/mol. The second kappa shape index (κ2) is 9.19. The van der Waals surface area contributed by atoms with E-state index in [9.17, 15) is 14.4 Å². The fourth-order valence-electron chi connectivity index (χ4n) is 2.48. The van der Waals surface area contributed by atoms with Crippen LogP contribution in [0.1, 0.15) is 52.6 Å². The molecule has 0 spiro atoms. The fraction of sp³-hybridized carbons (Fsp3) is 0.250. The summed E-state index contributed by atoms with van der Waals surface area (Å²) < 4.78 is 0. The number of amides is 2. The molecule has 2 rings (SSSR count). The van der Waals surface area contributed by atoms with Gasteiger partial charge in [-0.1, -0.05) is 23.7 Å². The second-order valence-corrected chi connectivity index (χ2v) is 6.82. The molecule has 0 aliphatic heterocycles. The number of aliphatic carboxylic acids is 1. The minimum atomic E-state index is -1.03. The highest BCUT2D eigenvalue weighted by Gasteiger charge is 2.19. The third-order valence-corrected chi connectivity index (χ3v) is 4.04. The molecule has 2 aromatic carbocycles. The maximum absolute atomic E-state index is 12.5. The van der Waals surface area contributed by atoms with Crippen molar-refractivity contribution in [2.75, 3.05) is 0 Å². The molecular formula is C20H21ClN2O4. The predicted octanol–water partition coefficient (Wildman–Crippen LogP) is 3.42. The smallest absolute Gasteiger partial charge is 0.305 e. The number of hydrogen-bond acceptors (Lipinski definition) is 3. The normalized spacial score (nSPS) is 11.7. The number of carboxylic acid groups (broad SMARTS) is 1. The summed E-state index contributed by atoms with van der Waals surface area (Å²) in [6, 6.07) is 12.1. The van der Waals surface area contributed by atoms with Gasteiger partial charge < -0.3 is 15.7 Å². The van der Waals surface area contributed by atoms with Crippen molar-refractivity contribution < 1.29 is 19.5 Å². The zero-order chi connectivity index (χ0) is 20.0. The first-order valence-corrected chi connectivity index (χ1v) is 8.83. The zero-order valence-electron chi connectivity index (χ0n) is 15.0.